The lowest BCUT2D eigenvalue weighted by Gasteiger charge is -2.40. The van der Waals surface area contributed by atoms with Crippen molar-refractivity contribution in [1.29, 1.82) is 0 Å². The van der Waals surface area contributed by atoms with Crippen LogP contribution in [0.3, 0.4) is 0 Å². The molecular formula is C26H33BrClN7O3S. The van der Waals surface area contributed by atoms with E-state index in [-0.39, 0.29) is 23.8 Å². The van der Waals surface area contributed by atoms with Gasteiger partial charge in [0.05, 0.1) is 11.7 Å². The van der Waals surface area contributed by atoms with Crippen LogP contribution < -0.4 is 10.9 Å². The van der Waals surface area contributed by atoms with Crippen LogP contribution in [0.5, 0.6) is 0 Å². The SMILES string of the molecule is NC(=NS(N)(=O)=O)N1CCC(CC(=O)N2CCN(C3c4ccc(Cl)cc4CCc4cc(Br)cnc43)CC2)CC1. The molecule has 0 radical (unpaired) electrons. The van der Waals surface area contributed by atoms with Crippen LogP contribution in [0.2, 0.25) is 5.02 Å². The molecule has 1 atom stereocenters. The quantitative estimate of drug-likeness (QED) is 0.388. The number of rotatable bonds is 4. The lowest BCUT2D eigenvalue weighted by molar-refractivity contribution is -0.134. The Morgan fingerprint density at radius 3 is 2.44 bits per heavy atom. The molecule has 0 saturated carbocycles. The Labute approximate surface area is 242 Å². The molecule has 1 aliphatic carbocycles. The summed E-state index contributed by atoms with van der Waals surface area (Å²) in [7, 11) is -4.03. The van der Waals surface area contributed by atoms with Gasteiger partial charge in [-0.15, -0.1) is 4.40 Å². The molecule has 3 heterocycles. The van der Waals surface area contributed by atoms with Crippen LogP contribution in [-0.2, 0) is 27.8 Å². The maximum atomic E-state index is 13.2. The Kier molecular flexibility index (Phi) is 8.48. The van der Waals surface area contributed by atoms with Gasteiger partial charge in [0.25, 0.3) is 0 Å². The first-order valence-electron chi connectivity index (χ1n) is 13.1. The number of benzene rings is 1. The molecule has 39 heavy (non-hydrogen) atoms. The first-order chi connectivity index (χ1) is 18.6. The Morgan fingerprint density at radius 2 is 1.74 bits per heavy atom. The second-order valence-electron chi connectivity index (χ2n) is 10.5. The number of nitrogens with two attached hydrogens (primary N) is 2. The van der Waals surface area contributed by atoms with Crippen molar-refractivity contribution in [1.82, 2.24) is 19.7 Å². The number of likely N-dealkylation sites (tertiary alicyclic amines) is 1. The van der Waals surface area contributed by atoms with E-state index in [1.54, 1.807) is 4.90 Å². The summed E-state index contributed by atoms with van der Waals surface area (Å²) in [5.41, 5.74) is 10.6. The van der Waals surface area contributed by atoms with Gasteiger partial charge in [-0.3, -0.25) is 14.7 Å². The summed E-state index contributed by atoms with van der Waals surface area (Å²) in [6, 6.07) is 8.35. The summed E-state index contributed by atoms with van der Waals surface area (Å²) in [5.74, 6) is 0.293. The second-order valence-corrected chi connectivity index (χ2v) is 13.0. The van der Waals surface area contributed by atoms with Crippen molar-refractivity contribution in [3.8, 4) is 0 Å². The van der Waals surface area contributed by atoms with Crippen molar-refractivity contribution in [2.45, 2.75) is 38.1 Å². The molecule has 2 saturated heterocycles. The average molecular weight is 639 g/mol. The zero-order valence-corrected chi connectivity index (χ0v) is 24.8. The van der Waals surface area contributed by atoms with E-state index >= 15 is 0 Å². The van der Waals surface area contributed by atoms with Gasteiger partial charge < -0.3 is 15.5 Å². The van der Waals surface area contributed by atoms with Gasteiger partial charge in [0, 0.05) is 61.4 Å². The predicted molar refractivity (Wildman–Crippen MR) is 154 cm³/mol. The standard InChI is InChI=1S/C26H33BrClN7O3S/c27-20-14-19-2-1-18-15-21(28)3-4-22(18)25(24(19)31-16-20)34-11-9-33(10-12-34)23(36)13-17-5-7-35(8-6-17)26(29)32-39(30,37)38/h3-4,14-17,25H,1-2,5-13H2,(H2,29,32)(H2,30,37,38). The number of aromatic nitrogens is 1. The van der Waals surface area contributed by atoms with E-state index in [1.165, 1.54) is 16.7 Å². The number of amides is 1. The smallest absolute Gasteiger partial charge is 0.320 e. The molecule has 3 aliphatic rings. The maximum absolute atomic E-state index is 13.2. The molecule has 0 bridgehead atoms. The van der Waals surface area contributed by atoms with Gasteiger partial charge in [0.2, 0.25) is 11.9 Å². The molecule has 2 fully saturated rings. The summed E-state index contributed by atoms with van der Waals surface area (Å²) < 4.78 is 26.7. The van der Waals surface area contributed by atoms with Crippen molar-refractivity contribution < 1.29 is 13.2 Å². The molecule has 2 aliphatic heterocycles. The number of piperazine rings is 1. The highest BCUT2D eigenvalue weighted by Gasteiger charge is 2.34. The fourth-order valence-electron chi connectivity index (χ4n) is 5.94. The van der Waals surface area contributed by atoms with Crippen LogP contribution in [0.1, 0.15) is 47.7 Å². The number of pyridine rings is 1. The second kappa shape index (κ2) is 11.7. The zero-order valence-electron chi connectivity index (χ0n) is 21.6. The molecule has 13 heteroatoms. The highest BCUT2D eigenvalue weighted by molar-refractivity contribution is 9.10. The van der Waals surface area contributed by atoms with Crippen molar-refractivity contribution >= 4 is 49.6 Å². The number of nitrogens with zero attached hydrogens (tertiary/aromatic N) is 5. The molecule has 10 nitrogen and oxygen atoms in total. The first kappa shape index (κ1) is 28.3. The van der Waals surface area contributed by atoms with Gasteiger partial charge in [-0.05, 0) is 82.4 Å². The zero-order chi connectivity index (χ0) is 27.7. The Balaban J connectivity index is 1.22. The van der Waals surface area contributed by atoms with Gasteiger partial charge in [-0.25, -0.2) is 5.14 Å². The number of hydrogen-bond donors (Lipinski definition) is 2. The number of carbonyl (C=O) groups excluding carboxylic acids is 1. The highest BCUT2D eigenvalue weighted by atomic mass is 79.9. The molecule has 2 aromatic rings. The lowest BCUT2D eigenvalue weighted by Crippen LogP contribution is -2.50. The number of guanidine groups is 1. The minimum atomic E-state index is -4.03. The van der Waals surface area contributed by atoms with E-state index in [4.69, 9.17) is 27.5 Å². The van der Waals surface area contributed by atoms with Crippen LogP contribution in [-0.4, -0.2) is 79.2 Å². The van der Waals surface area contributed by atoms with Gasteiger partial charge in [0.15, 0.2) is 0 Å². The van der Waals surface area contributed by atoms with Gasteiger partial charge in [-0.1, -0.05) is 17.7 Å². The normalized spacial score (nSPS) is 21.3. The fraction of sp³-hybridized carbons (Fsp3) is 0.500. The molecule has 4 N–H and O–H groups in total. The fourth-order valence-corrected chi connectivity index (χ4v) is 6.89. The van der Waals surface area contributed by atoms with Crippen LogP contribution in [0.15, 0.2) is 39.3 Å². The topological polar surface area (TPSA) is 138 Å². The molecule has 1 aromatic heterocycles. The van der Waals surface area contributed by atoms with E-state index in [0.717, 1.165) is 54.0 Å². The Bertz CT molecular complexity index is 1320. The van der Waals surface area contributed by atoms with Crippen LogP contribution >= 0.6 is 27.5 Å². The molecule has 1 unspecified atom stereocenters. The molecule has 5 rings (SSSR count). The lowest BCUT2D eigenvalue weighted by atomic mass is 9.93. The maximum Gasteiger partial charge on any atom is 0.320 e. The molecule has 1 amide bonds. The summed E-state index contributed by atoms with van der Waals surface area (Å²) in [4.78, 5) is 24.2. The number of hydrogen-bond acceptors (Lipinski definition) is 5. The number of carbonyl (C=O) groups is 1. The number of piperidine rings is 1. The van der Waals surface area contributed by atoms with Gasteiger partial charge in [-0.2, -0.15) is 8.42 Å². The number of aryl methyl sites for hydroxylation is 2. The van der Waals surface area contributed by atoms with E-state index in [0.29, 0.717) is 32.6 Å². The minimum Gasteiger partial charge on any atom is -0.369 e. The van der Waals surface area contributed by atoms with E-state index in [2.05, 4.69) is 43.4 Å². The largest absolute Gasteiger partial charge is 0.369 e. The molecule has 1 aromatic carbocycles. The molecule has 210 valence electrons. The summed E-state index contributed by atoms with van der Waals surface area (Å²) in [6.45, 7) is 3.94. The van der Waals surface area contributed by atoms with Gasteiger partial charge >= 0.3 is 10.2 Å². The third-order valence-corrected chi connectivity index (χ3v) is 9.06. The summed E-state index contributed by atoms with van der Waals surface area (Å²) >= 11 is 9.94. The molecular weight excluding hydrogens is 606 g/mol. The summed E-state index contributed by atoms with van der Waals surface area (Å²) in [6.07, 6.45) is 5.64. The van der Waals surface area contributed by atoms with E-state index in [9.17, 15) is 13.2 Å². The third kappa shape index (κ3) is 6.74. The Hall–Kier alpha value is -2.25. The first-order valence-corrected chi connectivity index (χ1v) is 15.8. The van der Waals surface area contributed by atoms with Gasteiger partial charge in [0.1, 0.15) is 0 Å². The van der Waals surface area contributed by atoms with Crippen molar-refractivity contribution in [3.05, 3.63) is 62.3 Å². The molecule has 0 spiro atoms. The van der Waals surface area contributed by atoms with E-state index in [1.807, 2.05) is 17.2 Å². The van der Waals surface area contributed by atoms with Crippen molar-refractivity contribution in [2.75, 3.05) is 39.3 Å². The van der Waals surface area contributed by atoms with Crippen LogP contribution in [0.4, 0.5) is 0 Å². The Morgan fingerprint density at radius 1 is 1.05 bits per heavy atom. The van der Waals surface area contributed by atoms with E-state index < -0.39 is 10.2 Å². The third-order valence-electron chi connectivity index (χ3n) is 7.95. The van der Waals surface area contributed by atoms with Crippen LogP contribution in [0.25, 0.3) is 0 Å². The highest BCUT2D eigenvalue weighted by Crippen LogP contribution is 2.38. The van der Waals surface area contributed by atoms with Crippen molar-refractivity contribution in [2.24, 2.45) is 21.2 Å². The monoisotopic (exact) mass is 637 g/mol. The summed E-state index contributed by atoms with van der Waals surface area (Å²) in [5, 5.41) is 5.70. The minimum absolute atomic E-state index is 0.0221. The number of fused-ring (bicyclic) bond motifs is 2. The number of halogens is 2. The van der Waals surface area contributed by atoms with Crippen molar-refractivity contribution in [3.63, 3.8) is 0 Å². The average Bonchev–Trinajstić information content (AvgIpc) is 3.04. The predicted octanol–water partition coefficient (Wildman–Crippen LogP) is 2.45. The van der Waals surface area contributed by atoms with Crippen LogP contribution in [0, 0.1) is 5.92 Å².